The smallest absolute Gasteiger partial charge is 0.226 e. The van der Waals surface area contributed by atoms with Gasteiger partial charge in [-0.1, -0.05) is 71.0 Å². The molecule has 168 valence electrons. The van der Waals surface area contributed by atoms with Crippen LogP contribution in [-0.4, -0.2) is 33.9 Å². The number of amides is 1. The minimum atomic E-state index is -0.944. The van der Waals surface area contributed by atoms with Crippen molar-refractivity contribution < 1.29 is 14.7 Å². The molecule has 2 rings (SSSR count). The van der Waals surface area contributed by atoms with E-state index in [-0.39, 0.29) is 29.6 Å². The van der Waals surface area contributed by atoms with Gasteiger partial charge in [0.1, 0.15) is 5.69 Å². The number of ketones is 1. The molecule has 2 aromatic rings. The Bertz CT molecular complexity index is 870. The van der Waals surface area contributed by atoms with Crippen LogP contribution in [0.5, 0.6) is 0 Å². The van der Waals surface area contributed by atoms with Gasteiger partial charge >= 0.3 is 0 Å². The van der Waals surface area contributed by atoms with E-state index in [0.717, 1.165) is 12.0 Å². The lowest BCUT2D eigenvalue weighted by Gasteiger charge is -2.34. The van der Waals surface area contributed by atoms with Crippen molar-refractivity contribution >= 4 is 11.7 Å². The van der Waals surface area contributed by atoms with Crippen molar-refractivity contribution in [1.29, 1.82) is 0 Å². The van der Waals surface area contributed by atoms with Crippen LogP contribution >= 0.6 is 0 Å². The maximum atomic E-state index is 13.0. The highest BCUT2D eigenvalue weighted by atomic mass is 16.3. The monoisotopic (exact) mass is 424 g/mol. The average Bonchev–Trinajstić information content (AvgIpc) is 2.70. The van der Waals surface area contributed by atoms with Crippen LogP contribution < -0.4 is 5.32 Å². The highest BCUT2D eigenvalue weighted by Gasteiger charge is 2.33. The topological polar surface area (TPSA) is 79.3 Å². The van der Waals surface area contributed by atoms with Crippen molar-refractivity contribution in [3.8, 4) is 11.3 Å². The molecule has 0 fully saturated rings. The van der Waals surface area contributed by atoms with E-state index in [1.807, 2.05) is 36.4 Å². The van der Waals surface area contributed by atoms with Gasteiger partial charge in [0.25, 0.3) is 0 Å². The second-order valence-corrected chi connectivity index (χ2v) is 9.81. The van der Waals surface area contributed by atoms with Crippen LogP contribution in [0.1, 0.15) is 64.9 Å². The molecule has 1 aromatic heterocycles. The molecule has 0 unspecified atom stereocenters. The molecule has 0 spiro atoms. The van der Waals surface area contributed by atoms with E-state index in [2.05, 4.69) is 44.9 Å². The summed E-state index contributed by atoms with van der Waals surface area (Å²) in [4.78, 5) is 30.5. The number of nitrogens with one attached hydrogen (secondary N) is 1. The fourth-order valence-electron chi connectivity index (χ4n) is 3.53. The zero-order valence-corrected chi connectivity index (χ0v) is 19.6. The summed E-state index contributed by atoms with van der Waals surface area (Å²) < 4.78 is 0. The molecule has 31 heavy (non-hydrogen) atoms. The quantitative estimate of drug-likeness (QED) is 0.562. The molecule has 1 amide bonds. The predicted molar refractivity (Wildman–Crippen MR) is 125 cm³/mol. The third kappa shape index (κ3) is 7.28. The van der Waals surface area contributed by atoms with Crippen LogP contribution in [0.15, 0.2) is 48.5 Å². The lowest BCUT2D eigenvalue weighted by Crippen LogP contribution is -2.48. The van der Waals surface area contributed by atoms with E-state index >= 15 is 0 Å². The first kappa shape index (κ1) is 24.7. The van der Waals surface area contributed by atoms with E-state index in [4.69, 9.17) is 0 Å². The fraction of sp³-hybridized carbons (Fsp3) is 0.500. The number of aliphatic hydroxyl groups excluding tert-OH is 1. The van der Waals surface area contributed by atoms with Gasteiger partial charge in [0.2, 0.25) is 5.91 Å². The van der Waals surface area contributed by atoms with Crippen molar-refractivity contribution in [2.24, 2.45) is 17.3 Å². The summed E-state index contributed by atoms with van der Waals surface area (Å²) in [5.74, 6) is -0.953. The van der Waals surface area contributed by atoms with E-state index < -0.39 is 12.0 Å². The Balaban J connectivity index is 2.17. The van der Waals surface area contributed by atoms with Crippen molar-refractivity contribution in [3.05, 3.63) is 54.2 Å². The van der Waals surface area contributed by atoms with Gasteiger partial charge in [-0.3, -0.25) is 9.59 Å². The third-order valence-corrected chi connectivity index (χ3v) is 5.50. The third-order valence-electron chi connectivity index (χ3n) is 5.50. The highest BCUT2D eigenvalue weighted by molar-refractivity contribution is 5.97. The number of aliphatic hydroxyl groups is 1. The molecule has 1 heterocycles. The van der Waals surface area contributed by atoms with Crippen molar-refractivity contribution in [2.45, 2.75) is 66.5 Å². The summed E-state index contributed by atoms with van der Waals surface area (Å²) in [7, 11) is 0. The summed E-state index contributed by atoms with van der Waals surface area (Å²) in [6.07, 6.45) is -0.204. The molecule has 0 aliphatic carbocycles. The zero-order chi connectivity index (χ0) is 23.2. The first-order chi connectivity index (χ1) is 14.5. The van der Waals surface area contributed by atoms with Gasteiger partial charge in [0.15, 0.2) is 5.78 Å². The molecular weight excluding hydrogens is 388 g/mol. The first-order valence-corrected chi connectivity index (χ1v) is 11.0. The highest BCUT2D eigenvalue weighted by Crippen LogP contribution is 2.26. The molecule has 0 saturated carbocycles. The SMILES string of the molecule is CC(C)C[C@H](NC(=O)[C@@H](CC(=O)c1cccc(-c2ccccc2)n1)[C@@H](C)O)C(C)(C)C. The van der Waals surface area contributed by atoms with E-state index in [1.165, 1.54) is 0 Å². The van der Waals surface area contributed by atoms with Gasteiger partial charge in [-0.15, -0.1) is 0 Å². The number of Topliss-reactive ketones (excluding diaryl/α,β-unsaturated/α-hetero) is 1. The molecule has 0 saturated heterocycles. The second-order valence-electron chi connectivity index (χ2n) is 9.81. The van der Waals surface area contributed by atoms with Crippen LogP contribution in [0.3, 0.4) is 0 Å². The number of nitrogens with zero attached hydrogens (tertiary/aromatic N) is 1. The molecular formula is C26H36N2O3. The van der Waals surface area contributed by atoms with Gasteiger partial charge < -0.3 is 10.4 Å². The lowest BCUT2D eigenvalue weighted by atomic mass is 9.81. The molecule has 5 heteroatoms. The van der Waals surface area contributed by atoms with Crippen LogP contribution in [0.2, 0.25) is 0 Å². The molecule has 0 aliphatic heterocycles. The Labute approximate surface area is 186 Å². The second kappa shape index (κ2) is 10.7. The van der Waals surface area contributed by atoms with E-state index in [1.54, 1.807) is 19.1 Å². The van der Waals surface area contributed by atoms with Crippen molar-refractivity contribution in [1.82, 2.24) is 10.3 Å². The number of pyridine rings is 1. The standard InChI is InChI=1S/C26H36N2O3/c1-17(2)15-24(26(4,5)6)28-25(31)20(18(3)29)16-23(30)22-14-10-13-21(27-22)19-11-8-7-9-12-19/h7-14,17-18,20,24,29H,15-16H2,1-6H3,(H,28,31)/t18-,20+,24+/m1/s1. The number of rotatable bonds is 9. The Morgan fingerprint density at radius 3 is 2.19 bits per heavy atom. The number of aromatic nitrogens is 1. The van der Waals surface area contributed by atoms with Gasteiger partial charge in [0, 0.05) is 18.0 Å². The van der Waals surface area contributed by atoms with Crippen molar-refractivity contribution in [3.63, 3.8) is 0 Å². The molecule has 2 N–H and O–H groups in total. The van der Waals surface area contributed by atoms with E-state index in [0.29, 0.717) is 17.3 Å². The van der Waals surface area contributed by atoms with E-state index in [9.17, 15) is 14.7 Å². The Morgan fingerprint density at radius 1 is 1.00 bits per heavy atom. The molecule has 5 nitrogen and oxygen atoms in total. The largest absolute Gasteiger partial charge is 0.393 e. The van der Waals surface area contributed by atoms with Crippen LogP contribution in [-0.2, 0) is 4.79 Å². The number of benzene rings is 1. The minimum Gasteiger partial charge on any atom is -0.393 e. The van der Waals surface area contributed by atoms with Crippen LogP contribution in [0.4, 0.5) is 0 Å². The molecule has 0 aliphatic rings. The molecule has 3 atom stereocenters. The number of carbonyl (C=O) groups is 2. The van der Waals surface area contributed by atoms with Crippen LogP contribution in [0, 0.1) is 17.3 Å². The fourth-order valence-corrected chi connectivity index (χ4v) is 3.53. The normalized spacial score (nSPS) is 14.7. The average molecular weight is 425 g/mol. The molecule has 0 bridgehead atoms. The minimum absolute atomic E-state index is 0.0455. The molecule has 0 radical (unpaired) electrons. The lowest BCUT2D eigenvalue weighted by molar-refractivity contribution is -0.129. The number of hydrogen-bond donors (Lipinski definition) is 2. The Morgan fingerprint density at radius 2 is 1.65 bits per heavy atom. The Hall–Kier alpha value is -2.53. The van der Waals surface area contributed by atoms with Crippen LogP contribution in [0.25, 0.3) is 11.3 Å². The maximum absolute atomic E-state index is 13.0. The Kier molecular flexibility index (Phi) is 8.52. The van der Waals surface area contributed by atoms with Gasteiger partial charge in [-0.05, 0) is 36.8 Å². The number of hydrogen-bond acceptors (Lipinski definition) is 4. The first-order valence-electron chi connectivity index (χ1n) is 11.0. The zero-order valence-electron chi connectivity index (χ0n) is 19.6. The molecule has 1 aromatic carbocycles. The summed E-state index contributed by atoms with van der Waals surface area (Å²) in [6.45, 7) is 12.0. The summed E-state index contributed by atoms with van der Waals surface area (Å²) in [5, 5.41) is 13.4. The van der Waals surface area contributed by atoms with Gasteiger partial charge in [0.05, 0.1) is 17.7 Å². The van der Waals surface area contributed by atoms with Gasteiger partial charge in [-0.25, -0.2) is 4.98 Å². The summed E-state index contributed by atoms with van der Waals surface area (Å²) in [6, 6.07) is 14.9. The summed E-state index contributed by atoms with van der Waals surface area (Å²) in [5.41, 5.74) is 1.80. The van der Waals surface area contributed by atoms with Gasteiger partial charge in [-0.2, -0.15) is 0 Å². The van der Waals surface area contributed by atoms with Crippen molar-refractivity contribution in [2.75, 3.05) is 0 Å². The summed E-state index contributed by atoms with van der Waals surface area (Å²) >= 11 is 0. The predicted octanol–water partition coefficient (Wildman–Crippen LogP) is 4.90. The number of carbonyl (C=O) groups excluding carboxylic acids is 2. The maximum Gasteiger partial charge on any atom is 0.226 e.